The van der Waals surface area contributed by atoms with Gasteiger partial charge in [-0.2, -0.15) is 0 Å². The standard InChI is InChI=1S/C11H14N4O2/c1-7(2)13-6-10-14-15-11(17-10)8-3-4-12-9(16)5-8/h3-5,7,13H,6H2,1-2H3,(H,12,16). The third kappa shape index (κ3) is 3.01. The molecule has 2 aromatic rings. The number of aromatic amines is 1. The van der Waals surface area contributed by atoms with Crippen LogP contribution in [0.5, 0.6) is 0 Å². The van der Waals surface area contributed by atoms with Crippen LogP contribution in [-0.2, 0) is 6.54 Å². The third-order valence-electron chi connectivity index (χ3n) is 2.15. The summed E-state index contributed by atoms with van der Waals surface area (Å²) in [5, 5.41) is 11.0. The molecule has 90 valence electrons. The zero-order valence-corrected chi connectivity index (χ0v) is 9.73. The smallest absolute Gasteiger partial charge is 0.248 e. The quantitative estimate of drug-likeness (QED) is 0.822. The molecule has 0 unspecified atom stereocenters. The molecule has 0 bridgehead atoms. The molecule has 0 spiro atoms. The molecule has 0 atom stereocenters. The Bertz CT molecular complexity index is 544. The molecule has 2 heterocycles. The van der Waals surface area contributed by atoms with E-state index < -0.39 is 0 Å². The van der Waals surface area contributed by atoms with E-state index in [4.69, 9.17) is 4.42 Å². The van der Waals surface area contributed by atoms with Crippen LogP contribution in [0.4, 0.5) is 0 Å². The summed E-state index contributed by atoms with van der Waals surface area (Å²) in [7, 11) is 0. The van der Waals surface area contributed by atoms with E-state index in [9.17, 15) is 4.79 Å². The number of nitrogens with one attached hydrogen (secondary N) is 2. The molecule has 6 nitrogen and oxygen atoms in total. The van der Waals surface area contributed by atoms with Crippen molar-refractivity contribution >= 4 is 0 Å². The van der Waals surface area contributed by atoms with Gasteiger partial charge in [0.2, 0.25) is 17.3 Å². The van der Waals surface area contributed by atoms with Gasteiger partial charge in [0.1, 0.15) is 0 Å². The lowest BCUT2D eigenvalue weighted by Gasteiger charge is -2.03. The highest BCUT2D eigenvalue weighted by Gasteiger charge is 2.08. The van der Waals surface area contributed by atoms with Gasteiger partial charge >= 0.3 is 0 Å². The van der Waals surface area contributed by atoms with Gasteiger partial charge in [0.05, 0.1) is 6.54 Å². The number of aromatic nitrogens is 3. The van der Waals surface area contributed by atoms with E-state index in [1.165, 1.54) is 6.07 Å². The second kappa shape index (κ2) is 4.92. The summed E-state index contributed by atoms with van der Waals surface area (Å²) < 4.78 is 5.44. The highest BCUT2D eigenvalue weighted by Crippen LogP contribution is 2.14. The van der Waals surface area contributed by atoms with Crippen LogP contribution in [0.25, 0.3) is 11.5 Å². The highest BCUT2D eigenvalue weighted by atomic mass is 16.4. The molecule has 0 fully saturated rings. The number of nitrogens with zero attached hydrogens (tertiary/aromatic N) is 2. The Morgan fingerprint density at radius 2 is 2.29 bits per heavy atom. The summed E-state index contributed by atoms with van der Waals surface area (Å²) in [4.78, 5) is 13.7. The Hall–Kier alpha value is -1.95. The molecule has 0 aliphatic heterocycles. The molecule has 2 N–H and O–H groups in total. The summed E-state index contributed by atoms with van der Waals surface area (Å²) >= 11 is 0. The fourth-order valence-corrected chi connectivity index (χ4v) is 1.31. The maximum Gasteiger partial charge on any atom is 0.248 e. The van der Waals surface area contributed by atoms with Gasteiger partial charge in [0.25, 0.3) is 0 Å². The molecule has 0 saturated carbocycles. The van der Waals surface area contributed by atoms with Crippen LogP contribution in [0.15, 0.2) is 27.5 Å². The SMILES string of the molecule is CC(C)NCc1nnc(-c2cc[nH]c(=O)c2)o1. The van der Waals surface area contributed by atoms with Crippen molar-refractivity contribution in [3.8, 4) is 11.5 Å². The van der Waals surface area contributed by atoms with E-state index in [0.717, 1.165) is 0 Å². The molecule has 0 saturated heterocycles. The van der Waals surface area contributed by atoms with Crippen LogP contribution < -0.4 is 10.9 Å². The lowest BCUT2D eigenvalue weighted by atomic mass is 10.3. The summed E-state index contributed by atoms with van der Waals surface area (Å²) in [5.41, 5.74) is 0.430. The van der Waals surface area contributed by atoms with E-state index >= 15 is 0 Å². The molecular weight excluding hydrogens is 220 g/mol. The van der Waals surface area contributed by atoms with Crippen LogP contribution in [0.2, 0.25) is 0 Å². The van der Waals surface area contributed by atoms with Crippen LogP contribution >= 0.6 is 0 Å². The average Bonchev–Trinajstić information content (AvgIpc) is 2.75. The van der Waals surface area contributed by atoms with E-state index in [0.29, 0.717) is 29.9 Å². The van der Waals surface area contributed by atoms with Crippen molar-refractivity contribution in [2.24, 2.45) is 0 Å². The van der Waals surface area contributed by atoms with Gasteiger partial charge in [0.15, 0.2) is 0 Å². The average molecular weight is 234 g/mol. The molecule has 0 aromatic carbocycles. The Morgan fingerprint density at radius 3 is 3.00 bits per heavy atom. The van der Waals surface area contributed by atoms with Crippen LogP contribution in [-0.4, -0.2) is 21.2 Å². The normalized spacial score (nSPS) is 11.0. The van der Waals surface area contributed by atoms with Gasteiger partial charge in [0, 0.05) is 23.9 Å². The Labute approximate surface area is 98.1 Å². The van der Waals surface area contributed by atoms with Crippen molar-refractivity contribution in [2.45, 2.75) is 26.4 Å². The maximum atomic E-state index is 11.1. The van der Waals surface area contributed by atoms with Crippen LogP contribution in [0.3, 0.4) is 0 Å². The second-order valence-electron chi connectivity index (χ2n) is 3.98. The van der Waals surface area contributed by atoms with Crippen LogP contribution in [0, 0.1) is 0 Å². The molecule has 0 aliphatic carbocycles. The third-order valence-corrected chi connectivity index (χ3v) is 2.15. The monoisotopic (exact) mass is 234 g/mol. The van der Waals surface area contributed by atoms with Crippen LogP contribution in [0.1, 0.15) is 19.7 Å². The number of rotatable bonds is 4. The van der Waals surface area contributed by atoms with Crippen molar-refractivity contribution in [1.82, 2.24) is 20.5 Å². The fourth-order valence-electron chi connectivity index (χ4n) is 1.31. The number of pyridine rings is 1. The summed E-state index contributed by atoms with van der Waals surface area (Å²) in [5.74, 6) is 0.866. The van der Waals surface area contributed by atoms with Gasteiger partial charge in [-0.15, -0.1) is 10.2 Å². The van der Waals surface area contributed by atoms with Gasteiger partial charge in [-0.05, 0) is 6.07 Å². The predicted molar refractivity (Wildman–Crippen MR) is 62.3 cm³/mol. The molecule has 0 aliphatic rings. The lowest BCUT2D eigenvalue weighted by Crippen LogP contribution is -2.21. The molecule has 0 radical (unpaired) electrons. The Kier molecular flexibility index (Phi) is 3.34. The van der Waals surface area contributed by atoms with E-state index in [1.54, 1.807) is 12.3 Å². The summed E-state index contributed by atoms with van der Waals surface area (Å²) in [6, 6.07) is 3.49. The van der Waals surface area contributed by atoms with Crippen molar-refractivity contribution in [3.05, 3.63) is 34.6 Å². The largest absolute Gasteiger partial charge is 0.419 e. The van der Waals surface area contributed by atoms with E-state index in [-0.39, 0.29) is 5.56 Å². The lowest BCUT2D eigenvalue weighted by molar-refractivity contribution is 0.459. The molecular formula is C11H14N4O2. The minimum atomic E-state index is -0.192. The van der Waals surface area contributed by atoms with Gasteiger partial charge in [-0.3, -0.25) is 4.79 Å². The first-order chi connectivity index (χ1) is 8.15. The van der Waals surface area contributed by atoms with Crippen molar-refractivity contribution in [1.29, 1.82) is 0 Å². The Morgan fingerprint density at radius 1 is 1.47 bits per heavy atom. The molecule has 0 amide bonds. The first-order valence-electron chi connectivity index (χ1n) is 5.40. The van der Waals surface area contributed by atoms with Crippen molar-refractivity contribution in [3.63, 3.8) is 0 Å². The van der Waals surface area contributed by atoms with Crippen molar-refractivity contribution in [2.75, 3.05) is 0 Å². The second-order valence-corrected chi connectivity index (χ2v) is 3.98. The summed E-state index contributed by atoms with van der Waals surface area (Å²) in [6.07, 6.45) is 1.55. The number of hydrogen-bond acceptors (Lipinski definition) is 5. The van der Waals surface area contributed by atoms with Gasteiger partial charge in [-0.25, -0.2) is 0 Å². The minimum Gasteiger partial charge on any atom is -0.419 e. The maximum absolute atomic E-state index is 11.1. The van der Waals surface area contributed by atoms with E-state index in [2.05, 4.69) is 20.5 Å². The zero-order chi connectivity index (χ0) is 12.3. The molecule has 6 heteroatoms. The number of hydrogen-bond donors (Lipinski definition) is 2. The first-order valence-corrected chi connectivity index (χ1v) is 5.40. The minimum absolute atomic E-state index is 0.192. The zero-order valence-electron chi connectivity index (χ0n) is 9.73. The fraction of sp³-hybridized carbons (Fsp3) is 0.364. The highest BCUT2D eigenvalue weighted by molar-refractivity contribution is 5.50. The number of H-pyrrole nitrogens is 1. The first kappa shape index (κ1) is 11.5. The molecule has 2 aromatic heterocycles. The molecule has 2 rings (SSSR count). The van der Waals surface area contributed by atoms with Gasteiger partial charge in [-0.1, -0.05) is 13.8 Å². The topological polar surface area (TPSA) is 83.8 Å². The Balaban J connectivity index is 2.15. The van der Waals surface area contributed by atoms with E-state index in [1.807, 2.05) is 13.8 Å². The predicted octanol–water partition coefficient (Wildman–Crippen LogP) is 0.923. The van der Waals surface area contributed by atoms with Gasteiger partial charge < -0.3 is 14.7 Å². The summed E-state index contributed by atoms with van der Waals surface area (Å²) in [6.45, 7) is 4.59. The molecule has 17 heavy (non-hydrogen) atoms. The van der Waals surface area contributed by atoms with Crippen molar-refractivity contribution < 1.29 is 4.42 Å².